The predicted octanol–water partition coefficient (Wildman–Crippen LogP) is 4.63. The summed E-state index contributed by atoms with van der Waals surface area (Å²) in [5.41, 5.74) is -1.02. The van der Waals surface area contributed by atoms with Gasteiger partial charge in [0.2, 0.25) is 6.79 Å². The van der Waals surface area contributed by atoms with Crippen LogP contribution in [0.2, 0.25) is 0 Å². The normalized spacial score (nSPS) is 18.9. The van der Waals surface area contributed by atoms with Gasteiger partial charge in [-0.1, -0.05) is 12.1 Å². The lowest BCUT2D eigenvalue weighted by Crippen LogP contribution is -2.43. The minimum Gasteiger partial charge on any atom is -0.457 e. The maximum atomic E-state index is 13.8. The zero-order chi connectivity index (χ0) is 28.2. The smallest absolute Gasteiger partial charge is 0.419 e. The molecule has 2 aromatic rings. The fraction of sp³-hybridized carbons (Fsp3) is 0.556. The van der Waals surface area contributed by atoms with E-state index in [1.807, 2.05) is 14.1 Å². The average molecular weight is 561 g/mol. The zero-order valence-corrected chi connectivity index (χ0v) is 22.1. The van der Waals surface area contributed by atoms with Crippen LogP contribution in [-0.4, -0.2) is 92.8 Å². The second-order valence-corrected chi connectivity index (χ2v) is 10.2. The van der Waals surface area contributed by atoms with Gasteiger partial charge in [0.15, 0.2) is 0 Å². The van der Waals surface area contributed by atoms with Gasteiger partial charge in [0, 0.05) is 65.4 Å². The molecule has 39 heavy (non-hydrogen) atoms. The van der Waals surface area contributed by atoms with E-state index < -0.39 is 41.8 Å². The van der Waals surface area contributed by atoms with E-state index in [-0.39, 0.29) is 0 Å². The molecular formula is C27H34F6N4O2. The summed E-state index contributed by atoms with van der Waals surface area (Å²) in [5.74, 6) is -0.991. The van der Waals surface area contributed by atoms with Crippen molar-refractivity contribution in [3.05, 3.63) is 58.7 Å². The quantitative estimate of drug-likeness (QED) is 0.346. The average Bonchev–Trinajstić information content (AvgIpc) is 2.87. The lowest BCUT2D eigenvalue weighted by Gasteiger charge is -2.32. The van der Waals surface area contributed by atoms with Crippen molar-refractivity contribution in [1.29, 1.82) is 0 Å². The number of ether oxygens (including phenoxy) is 2. The van der Waals surface area contributed by atoms with E-state index >= 15 is 0 Å². The molecule has 0 saturated carbocycles. The van der Waals surface area contributed by atoms with Crippen LogP contribution >= 0.6 is 0 Å². The molecule has 0 bridgehead atoms. The molecule has 2 saturated heterocycles. The Hall–Kier alpha value is -2.54. The van der Waals surface area contributed by atoms with Crippen LogP contribution in [0.5, 0.6) is 11.5 Å². The van der Waals surface area contributed by atoms with Crippen molar-refractivity contribution >= 4 is 0 Å². The SMILES string of the molecule is CN1CCN(Cc2ccc(OCOc3ccc(CN4CCN(C)CC4)cc3C(F)(F)F)c(C(F)(F)F)c2)CC1. The Kier molecular flexibility index (Phi) is 9.30. The maximum Gasteiger partial charge on any atom is 0.419 e. The van der Waals surface area contributed by atoms with Gasteiger partial charge in [0.1, 0.15) is 11.5 Å². The molecule has 0 atom stereocenters. The summed E-state index contributed by atoms with van der Waals surface area (Å²) < 4.78 is 93.2. The summed E-state index contributed by atoms with van der Waals surface area (Å²) in [4.78, 5) is 8.45. The molecule has 0 aromatic heterocycles. The molecular weight excluding hydrogens is 526 g/mol. The Labute approximate surface area is 224 Å². The van der Waals surface area contributed by atoms with E-state index in [1.165, 1.54) is 24.3 Å². The lowest BCUT2D eigenvalue weighted by atomic mass is 10.1. The highest BCUT2D eigenvalue weighted by Gasteiger charge is 2.36. The van der Waals surface area contributed by atoms with Crippen molar-refractivity contribution in [2.24, 2.45) is 0 Å². The number of rotatable bonds is 8. The van der Waals surface area contributed by atoms with E-state index in [2.05, 4.69) is 19.6 Å². The van der Waals surface area contributed by atoms with Crippen molar-refractivity contribution in [3.63, 3.8) is 0 Å². The van der Waals surface area contributed by atoms with E-state index in [4.69, 9.17) is 9.47 Å². The number of halogens is 6. The topological polar surface area (TPSA) is 31.4 Å². The van der Waals surface area contributed by atoms with Crippen LogP contribution in [0.25, 0.3) is 0 Å². The summed E-state index contributed by atoms with van der Waals surface area (Å²) in [6.07, 6.45) is -9.40. The van der Waals surface area contributed by atoms with Crippen molar-refractivity contribution in [1.82, 2.24) is 19.6 Å². The van der Waals surface area contributed by atoms with E-state index in [1.54, 1.807) is 0 Å². The Balaban J connectivity index is 1.42. The van der Waals surface area contributed by atoms with E-state index in [0.29, 0.717) is 24.2 Å². The first-order valence-corrected chi connectivity index (χ1v) is 12.9. The number of piperazine rings is 2. The molecule has 2 aromatic carbocycles. The van der Waals surface area contributed by atoms with Crippen LogP contribution in [-0.2, 0) is 25.4 Å². The van der Waals surface area contributed by atoms with E-state index in [9.17, 15) is 26.3 Å². The van der Waals surface area contributed by atoms with Crippen molar-refractivity contribution in [2.75, 3.05) is 73.2 Å². The molecule has 12 heteroatoms. The Bertz CT molecular complexity index is 1010. The van der Waals surface area contributed by atoms with Gasteiger partial charge < -0.3 is 19.3 Å². The zero-order valence-electron chi connectivity index (χ0n) is 22.1. The highest BCUT2D eigenvalue weighted by atomic mass is 19.4. The number of hydrogen-bond donors (Lipinski definition) is 0. The van der Waals surface area contributed by atoms with Crippen LogP contribution in [0.4, 0.5) is 26.3 Å². The van der Waals surface area contributed by atoms with Crippen LogP contribution < -0.4 is 9.47 Å². The summed E-state index contributed by atoms with van der Waals surface area (Å²) in [6, 6.07) is 7.53. The predicted molar refractivity (Wildman–Crippen MR) is 135 cm³/mol. The second kappa shape index (κ2) is 12.3. The minimum atomic E-state index is -4.70. The molecule has 4 rings (SSSR count). The van der Waals surface area contributed by atoms with Crippen LogP contribution in [0.1, 0.15) is 22.3 Å². The molecule has 216 valence electrons. The number of likely N-dealkylation sites (N-methyl/N-ethyl adjacent to an activating group) is 2. The molecule has 2 heterocycles. The molecule has 0 radical (unpaired) electrons. The molecule has 6 nitrogen and oxygen atoms in total. The van der Waals surface area contributed by atoms with Gasteiger partial charge in [-0.05, 0) is 49.5 Å². The van der Waals surface area contributed by atoms with Gasteiger partial charge in [-0.2, -0.15) is 26.3 Å². The molecule has 2 aliphatic rings. The number of nitrogens with zero attached hydrogens (tertiary/aromatic N) is 4. The number of hydrogen-bond acceptors (Lipinski definition) is 6. The highest BCUT2D eigenvalue weighted by Crippen LogP contribution is 2.39. The molecule has 0 aliphatic carbocycles. The van der Waals surface area contributed by atoms with Gasteiger partial charge in [-0.3, -0.25) is 9.80 Å². The van der Waals surface area contributed by atoms with Gasteiger partial charge in [0.05, 0.1) is 11.1 Å². The molecule has 0 unspecified atom stereocenters. The maximum absolute atomic E-state index is 13.8. The third kappa shape index (κ3) is 8.23. The fourth-order valence-electron chi connectivity index (χ4n) is 4.73. The fourth-order valence-corrected chi connectivity index (χ4v) is 4.73. The van der Waals surface area contributed by atoms with Crippen LogP contribution in [0.15, 0.2) is 36.4 Å². The van der Waals surface area contributed by atoms with Gasteiger partial charge in [-0.15, -0.1) is 0 Å². The first-order chi connectivity index (χ1) is 18.4. The molecule has 2 fully saturated rings. The molecule has 0 spiro atoms. The highest BCUT2D eigenvalue weighted by molar-refractivity contribution is 5.41. The third-order valence-corrected chi connectivity index (χ3v) is 7.13. The van der Waals surface area contributed by atoms with Crippen LogP contribution in [0, 0.1) is 0 Å². The summed E-state index contributed by atoms with van der Waals surface area (Å²) in [6.45, 7) is 6.26. The van der Waals surface area contributed by atoms with Crippen LogP contribution in [0.3, 0.4) is 0 Å². The first-order valence-electron chi connectivity index (χ1n) is 12.9. The molecule has 0 amide bonds. The Morgan fingerprint density at radius 1 is 0.590 bits per heavy atom. The summed E-state index contributed by atoms with van der Waals surface area (Å²) >= 11 is 0. The van der Waals surface area contributed by atoms with Crippen molar-refractivity contribution in [3.8, 4) is 11.5 Å². The Morgan fingerprint density at radius 2 is 0.949 bits per heavy atom. The van der Waals surface area contributed by atoms with Crippen molar-refractivity contribution < 1.29 is 35.8 Å². The van der Waals surface area contributed by atoms with Gasteiger partial charge in [-0.25, -0.2) is 0 Å². The lowest BCUT2D eigenvalue weighted by molar-refractivity contribution is -0.139. The number of benzene rings is 2. The minimum absolute atomic E-state index is 0.364. The first kappa shape index (κ1) is 29.4. The largest absolute Gasteiger partial charge is 0.457 e. The van der Waals surface area contributed by atoms with Gasteiger partial charge >= 0.3 is 12.4 Å². The molecule has 0 N–H and O–H groups in total. The van der Waals surface area contributed by atoms with Gasteiger partial charge in [0.25, 0.3) is 0 Å². The number of alkyl halides is 6. The summed E-state index contributed by atoms with van der Waals surface area (Å²) in [5, 5.41) is 0. The monoisotopic (exact) mass is 560 g/mol. The van der Waals surface area contributed by atoms with E-state index in [0.717, 1.165) is 64.5 Å². The Morgan fingerprint density at radius 3 is 1.28 bits per heavy atom. The standard InChI is InChI=1S/C27H34F6N4O2/c1-34-7-11-36(12-8-34)17-20-3-5-24(22(15-20)26(28,29)30)38-19-39-25-6-4-21(16-23(25)27(31,32)33)18-37-13-9-35(2)10-14-37/h3-6,15-16H,7-14,17-19H2,1-2H3. The van der Waals surface area contributed by atoms with Crippen molar-refractivity contribution in [2.45, 2.75) is 25.4 Å². The second-order valence-electron chi connectivity index (χ2n) is 10.2. The summed E-state index contributed by atoms with van der Waals surface area (Å²) in [7, 11) is 3.99. The third-order valence-electron chi connectivity index (χ3n) is 7.13. The molecule has 2 aliphatic heterocycles.